The van der Waals surface area contributed by atoms with E-state index in [4.69, 9.17) is 9.84 Å². The first kappa shape index (κ1) is 18.1. The molecule has 5 N–H and O–H groups in total. The fourth-order valence-electron chi connectivity index (χ4n) is 3.06. The predicted molar refractivity (Wildman–Crippen MR) is 94.3 cm³/mol. The number of carboxylic acids is 1. The van der Waals surface area contributed by atoms with E-state index in [-0.39, 0.29) is 5.75 Å². The molecule has 4 atom stereocenters. The molecular weight excluding hydrogens is 370 g/mol. The number of aliphatic hydroxyl groups excluding tert-OH is 2. The number of carbonyl (C=O) groups is 1. The topological polar surface area (TPSA) is 163 Å². The van der Waals surface area contributed by atoms with Gasteiger partial charge in [0.15, 0.2) is 29.3 Å². The summed E-state index contributed by atoms with van der Waals surface area (Å²) in [6, 6.07) is 6.67. The van der Waals surface area contributed by atoms with Gasteiger partial charge >= 0.3 is 5.97 Å². The standard InChI is InChI=1S/C17H17N5O6/c23-9-3-1-8(2-4-9)5-18-14-10-15(20-6-19-14)22(7-21-10)16-12(25)11(24)13(28-16)17(26)27/h1-4,6-7,11-13,16,23-25H,5H2,(H,26,27)(H,18,19,20). The third-order valence-corrected chi connectivity index (χ3v) is 4.51. The number of hydrogen-bond acceptors (Lipinski definition) is 9. The summed E-state index contributed by atoms with van der Waals surface area (Å²) < 4.78 is 6.66. The van der Waals surface area contributed by atoms with Crippen LogP contribution in [-0.4, -0.2) is 64.2 Å². The average molecular weight is 387 g/mol. The number of anilines is 1. The van der Waals surface area contributed by atoms with E-state index in [1.807, 2.05) is 0 Å². The summed E-state index contributed by atoms with van der Waals surface area (Å²) in [7, 11) is 0. The van der Waals surface area contributed by atoms with Crippen LogP contribution in [0.2, 0.25) is 0 Å². The number of aromatic hydroxyl groups is 1. The van der Waals surface area contributed by atoms with Crippen LogP contribution in [0.4, 0.5) is 5.82 Å². The van der Waals surface area contributed by atoms with Crippen LogP contribution in [-0.2, 0) is 16.1 Å². The molecule has 28 heavy (non-hydrogen) atoms. The Bertz CT molecular complexity index is 1010. The second-order valence-corrected chi connectivity index (χ2v) is 6.33. The summed E-state index contributed by atoms with van der Waals surface area (Å²) in [5.41, 5.74) is 1.61. The third-order valence-electron chi connectivity index (χ3n) is 4.51. The van der Waals surface area contributed by atoms with Crippen molar-refractivity contribution in [3.05, 3.63) is 42.5 Å². The molecule has 2 aromatic heterocycles. The van der Waals surface area contributed by atoms with Gasteiger partial charge in [0.1, 0.15) is 24.3 Å². The molecule has 0 bridgehead atoms. The van der Waals surface area contributed by atoms with Gasteiger partial charge in [-0.2, -0.15) is 0 Å². The largest absolute Gasteiger partial charge is 0.508 e. The molecule has 146 valence electrons. The number of aliphatic carboxylic acids is 1. The highest BCUT2D eigenvalue weighted by molar-refractivity contribution is 5.82. The van der Waals surface area contributed by atoms with Crippen LogP contribution in [0.3, 0.4) is 0 Å². The molecule has 1 aromatic carbocycles. The molecule has 0 aliphatic carbocycles. The van der Waals surface area contributed by atoms with E-state index in [1.165, 1.54) is 17.2 Å². The lowest BCUT2D eigenvalue weighted by Crippen LogP contribution is -2.35. The maximum atomic E-state index is 11.2. The molecule has 3 aromatic rings. The lowest BCUT2D eigenvalue weighted by atomic mass is 10.1. The Balaban J connectivity index is 1.60. The first-order chi connectivity index (χ1) is 13.5. The number of nitrogens with zero attached hydrogens (tertiary/aromatic N) is 4. The van der Waals surface area contributed by atoms with Crippen molar-refractivity contribution in [2.75, 3.05) is 5.32 Å². The predicted octanol–water partition coefficient (Wildman–Crippen LogP) is -0.152. The molecule has 1 saturated heterocycles. The smallest absolute Gasteiger partial charge is 0.335 e. The summed E-state index contributed by atoms with van der Waals surface area (Å²) >= 11 is 0. The van der Waals surface area contributed by atoms with Crippen LogP contribution >= 0.6 is 0 Å². The number of carboxylic acid groups (broad SMARTS) is 1. The number of aliphatic hydroxyl groups is 2. The highest BCUT2D eigenvalue weighted by Crippen LogP contribution is 2.32. The number of phenolic OH excluding ortho intramolecular Hbond substituents is 1. The number of imidazole rings is 1. The number of benzene rings is 1. The molecular formula is C17H17N5O6. The molecule has 11 heteroatoms. The van der Waals surface area contributed by atoms with E-state index in [1.54, 1.807) is 24.3 Å². The van der Waals surface area contributed by atoms with Crippen LogP contribution in [0.25, 0.3) is 11.2 Å². The van der Waals surface area contributed by atoms with Crippen LogP contribution in [0.1, 0.15) is 11.8 Å². The Kier molecular flexibility index (Phi) is 4.55. The van der Waals surface area contributed by atoms with Gasteiger partial charge in [-0.3, -0.25) is 4.57 Å². The van der Waals surface area contributed by atoms with Crippen LogP contribution in [0, 0.1) is 0 Å². The molecule has 11 nitrogen and oxygen atoms in total. The first-order valence-electron chi connectivity index (χ1n) is 8.39. The van der Waals surface area contributed by atoms with Crippen molar-refractivity contribution in [2.45, 2.75) is 31.1 Å². The number of aromatic nitrogens is 4. The molecule has 1 aliphatic heterocycles. The molecule has 0 amide bonds. The zero-order chi connectivity index (χ0) is 19.8. The average Bonchev–Trinajstić information content (AvgIpc) is 3.23. The highest BCUT2D eigenvalue weighted by atomic mass is 16.6. The lowest BCUT2D eigenvalue weighted by Gasteiger charge is -2.16. The third kappa shape index (κ3) is 3.11. The molecule has 0 radical (unpaired) electrons. The fraction of sp³-hybridized carbons (Fsp3) is 0.294. The summed E-state index contributed by atoms with van der Waals surface area (Å²) in [5.74, 6) is -0.770. The van der Waals surface area contributed by atoms with E-state index >= 15 is 0 Å². The summed E-state index contributed by atoms with van der Waals surface area (Å²) in [6.07, 6.45) is -3.09. The molecule has 0 saturated carbocycles. The number of fused-ring (bicyclic) bond motifs is 1. The number of nitrogens with one attached hydrogen (secondary N) is 1. The minimum atomic E-state index is -1.58. The first-order valence-corrected chi connectivity index (χ1v) is 8.39. The van der Waals surface area contributed by atoms with Crippen molar-refractivity contribution in [1.82, 2.24) is 19.5 Å². The number of rotatable bonds is 5. The van der Waals surface area contributed by atoms with Gasteiger partial charge < -0.3 is 30.5 Å². The molecule has 1 fully saturated rings. The minimum absolute atomic E-state index is 0.170. The van der Waals surface area contributed by atoms with Crippen molar-refractivity contribution in [3.63, 3.8) is 0 Å². The molecule has 4 rings (SSSR count). The second kappa shape index (κ2) is 7.03. The summed E-state index contributed by atoms with van der Waals surface area (Å²) in [5, 5.41) is 41.6. The van der Waals surface area contributed by atoms with Crippen molar-refractivity contribution < 1.29 is 30.0 Å². The molecule has 0 spiro atoms. The normalized spacial score (nSPS) is 24.5. The fourth-order valence-corrected chi connectivity index (χ4v) is 3.06. The van der Waals surface area contributed by atoms with E-state index in [0.29, 0.717) is 23.5 Å². The Morgan fingerprint density at radius 2 is 1.89 bits per heavy atom. The van der Waals surface area contributed by atoms with Gasteiger partial charge in [-0.25, -0.2) is 19.7 Å². The van der Waals surface area contributed by atoms with Gasteiger partial charge in [0.2, 0.25) is 0 Å². The van der Waals surface area contributed by atoms with E-state index in [9.17, 15) is 20.1 Å². The van der Waals surface area contributed by atoms with E-state index in [2.05, 4.69) is 20.3 Å². The van der Waals surface area contributed by atoms with Crippen LogP contribution < -0.4 is 5.32 Å². The lowest BCUT2D eigenvalue weighted by molar-refractivity contribution is -0.155. The quantitative estimate of drug-likeness (QED) is 0.398. The summed E-state index contributed by atoms with van der Waals surface area (Å²) in [4.78, 5) is 23.7. The van der Waals surface area contributed by atoms with Gasteiger partial charge in [0, 0.05) is 6.54 Å². The van der Waals surface area contributed by atoms with Crippen molar-refractivity contribution in [3.8, 4) is 5.75 Å². The zero-order valence-electron chi connectivity index (χ0n) is 14.4. The van der Waals surface area contributed by atoms with Gasteiger partial charge in [-0.05, 0) is 17.7 Å². The zero-order valence-corrected chi connectivity index (χ0v) is 14.4. The number of hydrogen-bond donors (Lipinski definition) is 5. The van der Waals surface area contributed by atoms with Crippen LogP contribution in [0.5, 0.6) is 5.75 Å². The maximum Gasteiger partial charge on any atom is 0.335 e. The molecule has 4 unspecified atom stereocenters. The van der Waals surface area contributed by atoms with Crippen molar-refractivity contribution in [1.29, 1.82) is 0 Å². The van der Waals surface area contributed by atoms with Gasteiger partial charge in [0.05, 0.1) is 6.33 Å². The Morgan fingerprint density at radius 1 is 1.14 bits per heavy atom. The van der Waals surface area contributed by atoms with Crippen LogP contribution in [0.15, 0.2) is 36.9 Å². The van der Waals surface area contributed by atoms with Gasteiger partial charge in [0.25, 0.3) is 0 Å². The van der Waals surface area contributed by atoms with Crippen molar-refractivity contribution in [2.24, 2.45) is 0 Å². The Morgan fingerprint density at radius 3 is 2.57 bits per heavy atom. The molecule has 1 aliphatic rings. The Labute approximate surface area is 157 Å². The highest BCUT2D eigenvalue weighted by Gasteiger charge is 2.48. The SMILES string of the molecule is O=C(O)C1OC(n2cnc3c(NCc4ccc(O)cc4)ncnc32)C(O)C1O. The maximum absolute atomic E-state index is 11.2. The second-order valence-electron chi connectivity index (χ2n) is 6.33. The summed E-state index contributed by atoms with van der Waals surface area (Å²) in [6.45, 7) is 0.418. The molecule has 3 heterocycles. The van der Waals surface area contributed by atoms with E-state index < -0.39 is 30.5 Å². The Hall–Kier alpha value is -3.28. The van der Waals surface area contributed by atoms with Gasteiger partial charge in [-0.1, -0.05) is 12.1 Å². The number of phenols is 1. The minimum Gasteiger partial charge on any atom is -0.508 e. The van der Waals surface area contributed by atoms with Crippen molar-refractivity contribution >= 4 is 23.0 Å². The van der Waals surface area contributed by atoms with E-state index in [0.717, 1.165) is 5.56 Å². The monoisotopic (exact) mass is 387 g/mol. The van der Waals surface area contributed by atoms with Gasteiger partial charge in [-0.15, -0.1) is 0 Å². The number of ether oxygens (including phenoxy) is 1.